The van der Waals surface area contributed by atoms with Crippen LogP contribution in [0.3, 0.4) is 0 Å². The third kappa shape index (κ3) is 5.90. The second kappa shape index (κ2) is 6.58. The lowest BCUT2D eigenvalue weighted by Gasteiger charge is -2.25. The van der Waals surface area contributed by atoms with Crippen molar-refractivity contribution in [3.63, 3.8) is 0 Å². The zero-order valence-electron chi connectivity index (χ0n) is 11.4. The first kappa shape index (κ1) is 16.3. The lowest BCUT2D eigenvalue weighted by atomic mass is 10.2. The summed E-state index contributed by atoms with van der Waals surface area (Å²) in [6.45, 7) is 2.35. The molecule has 1 rings (SSSR count). The van der Waals surface area contributed by atoms with Gasteiger partial charge in [0.2, 0.25) is 5.91 Å². The van der Waals surface area contributed by atoms with Crippen molar-refractivity contribution in [2.24, 2.45) is 5.92 Å². The molecule has 0 aromatic carbocycles. The molecule has 0 bridgehead atoms. The third-order valence-electron chi connectivity index (χ3n) is 2.49. The van der Waals surface area contributed by atoms with Gasteiger partial charge in [-0.25, -0.2) is 0 Å². The number of pyridine rings is 1. The van der Waals surface area contributed by atoms with E-state index in [4.69, 9.17) is 5.73 Å². The zero-order valence-corrected chi connectivity index (χ0v) is 11.4. The number of anilines is 1. The van der Waals surface area contributed by atoms with E-state index >= 15 is 0 Å². The maximum absolute atomic E-state index is 12.5. The molecule has 0 saturated carbocycles. The van der Waals surface area contributed by atoms with Crippen LogP contribution in [0.1, 0.15) is 19.5 Å². The van der Waals surface area contributed by atoms with Gasteiger partial charge in [0.15, 0.2) is 0 Å². The van der Waals surface area contributed by atoms with E-state index in [0.717, 1.165) is 4.90 Å². The van der Waals surface area contributed by atoms with E-state index in [0.29, 0.717) is 11.4 Å². The molecule has 1 aromatic rings. The summed E-state index contributed by atoms with van der Waals surface area (Å²) in [5.41, 5.74) is 6.30. The van der Waals surface area contributed by atoms with Crippen LogP contribution in [0.2, 0.25) is 0 Å². The number of nitrogens with zero attached hydrogens (tertiary/aromatic N) is 2. The Labute approximate surface area is 115 Å². The predicted molar refractivity (Wildman–Crippen MR) is 69.8 cm³/mol. The second-order valence-electron chi connectivity index (χ2n) is 5.04. The van der Waals surface area contributed by atoms with Gasteiger partial charge in [-0.2, -0.15) is 13.2 Å². The van der Waals surface area contributed by atoms with E-state index in [2.05, 4.69) is 4.98 Å². The molecule has 0 spiro atoms. The molecule has 0 fully saturated rings. The number of carbonyl (C=O) groups excluding carboxylic acids is 1. The summed E-state index contributed by atoms with van der Waals surface area (Å²) in [4.78, 5) is 16.7. The summed E-state index contributed by atoms with van der Waals surface area (Å²) in [5, 5.41) is 0. The van der Waals surface area contributed by atoms with Crippen molar-refractivity contribution >= 4 is 11.6 Å². The molecule has 0 radical (unpaired) electrons. The minimum atomic E-state index is -4.40. The average molecular weight is 289 g/mol. The number of alkyl halides is 3. The molecule has 1 aromatic heterocycles. The van der Waals surface area contributed by atoms with E-state index in [1.54, 1.807) is 19.9 Å². The summed E-state index contributed by atoms with van der Waals surface area (Å²) >= 11 is 0. The van der Waals surface area contributed by atoms with Gasteiger partial charge in [0.1, 0.15) is 6.54 Å². The van der Waals surface area contributed by atoms with E-state index < -0.39 is 18.6 Å². The zero-order chi connectivity index (χ0) is 15.3. The third-order valence-corrected chi connectivity index (χ3v) is 2.49. The first-order chi connectivity index (χ1) is 9.17. The fourth-order valence-electron chi connectivity index (χ4n) is 1.72. The molecule has 20 heavy (non-hydrogen) atoms. The van der Waals surface area contributed by atoms with Gasteiger partial charge in [0, 0.05) is 12.2 Å². The molecule has 1 amide bonds. The molecule has 4 nitrogen and oxygen atoms in total. The Hall–Kier alpha value is -1.79. The molecule has 112 valence electrons. The summed E-state index contributed by atoms with van der Waals surface area (Å²) in [5.74, 6) is -0.631. The SMILES string of the molecule is CC(C)CN(CC(F)(F)F)C(=O)Cc1ccc(N)cn1. The van der Waals surface area contributed by atoms with Crippen molar-refractivity contribution in [2.75, 3.05) is 18.8 Å². The Morgan fingerprint density at radius 3 is 2.50 bits per heavy atom. The summed E-state index contributed by atoms with van der Waals surface area (Å²) in [6, 6.07) is 3.10. The maximum Gasteiger partial charge on any atom is 0.406 e. The molecule has 0 unspecified atom stereocenters. The van der Waals surface area contributed by atoms with Crippen LogP contribution in [0.4, 0.5) is 18.9 Å². The Morgan fingerprint density at radius 1 is 1.40 bits per heavy atom. The quantitative estimate of drug-likeness (QED) is 0.904. The lowest BCUT2D eigenvalue weighted by molar-refractivity contribution is -0.161. The molecule has 2 N–H and O–H groups in total. The highest BCUT2D eigenvalue weighted by Crippen LogP contribution is 2.18. The van der Waals surface area contributed by atoms with Crippen LogP contribution in [0.5, 0.6) is 0 Å². The van der Waals surface area contributed by atoms with Crippen LogP contribution in [-0.4, -0.2) is 35.1 Å². The summed E-state index contributed by atoms with van der Waals surface area (Å²) in [7, 11) is 0. The van der Waals surface area contributed by atoms with Crippen LogP contribution in [0.15, 0.2) is 18.3 Å². The molecule has 0 aliphatic carbocycles. The molecule has 0 atom stereocenters. The van der Waals surface area contributed by atoms with Crippen LogP contribution >= 0.6 is 0 Å². The van der Waals surface area contributed by atoms with Crippen molar-refractivity contribution in [1.82, 2.24) is 9.88 Å². The van der Waals surface area contributed by atoms with Crippen LogP contribution in [-0.2, 0) is 11.2 Å². The molecular formula is C13H18F3N3O. The largest absolute Gasteiger partial charge is 0.406 e. The molecule has 0 aliphatic heterocycles. The number of hydrogen-bond acceptors (Lipinski definition) is 3. The van der Waals surface area contributed by atoms with Crippen LogP contribution in [0, 0.1) is 5.92 Å². The van der Waals surface area contributed by atoms with Crippen molar-refractivity contribution in [1.29, 1.82) is 0 Å². The highest BCUT2D eigenvalue weighted by atomic mass is 19.4. The lowest BCUT2D eigenvalue weighted by Crippen LogP contribution is -2.41. The van der Waals surface area contributed by atoms with Crippen molar-refractivity contribution < 1.29 is 18.0 Å². The second-order valence-corrected chi connectivity index (χ2v) is 5.04. The fourth-order valence-corrected chi connectivity index (χ4v) is 1.72. The van der Waals surface area contributed by atoms with Gasteiger partial charge in [-0.3, -0.25) is 9.78 Å². The topological polar surface area (TPSA) is 59.2 Å². The number of nitrogen functional groups attached to an aromatic ring is 1. The number of aromatic nitrogens is 1. The Bertz CT molecular complexity index is 443. The van der Waals surface area contributed by atoms with Gasteiger partial charge < -0.3 is 10.6 Å². The molecule has 7 heteroatoms. The minimum absolute atomic E-state index is 0.0410. The minimum Gasteiger partial charge on any atom is -0.397 e. The van der Waals surface area contributed by atoms with Gasteiger partial charge in [-0.1, -0.05) is 13.8 Å². The Balaban J connectivity index is 2.74. The van der Waals surface area contributed by atoms with Crippen molar-refractivity contribution in [2.45, 2.75) is 26.4 Å². The van der Waals surface area contributed by atoms with Gasteiger partial charge >= 0.3 is 6.18 Å². The summed E-state index contributed by atoms with van der Waals surface area (Å²) < 4.78 is 37.4. The van der Waals surface area contributed by atoms with Gasteiger partial charge in [-0.05, 0) is 18.1 Å². The van der Waals surface area contributed by atoms with Gasteiger partial charge in [-0.15, -0.1) is 0 Å². The number of nitrogens with two attached hydrogens (primary N) is 1. The number of rotatable bonds is 5. The summed E-state index contributed by atoms with van der Waals surface area (Å²) in [6.07, 6.45) is -3.19. The fraction of sp³-hybridized carbons (Fsp3) is 0.538. The van der Waals surface area contributed by atoms with Gasteiger partial charge in [0.05, 0.1) is 18.3 Å². The van der Waals surface area contributed by atoms with E-state index in [1.807, 2.05) is 0 Å². The van der Waals surface area contributed by atoms with Crippen molar-refractivity contribution in [3.8, 4) is 0 Å². The highest BCUT2D eigenvalue weighted by Gasteiger charge is 2.33. The van der Waals surface area contributed by atoms with Gasteiger partial charge in [0.25, 0.3) is 0 Å². The standard InChI is InChI=1S/C13H18F3N3O/c1-9(2)7-19(8-13(14,15)16)12(20)5-11-4-3-10(17)6-18-11/h3-4,6,9H,5,7-8,17H2,1-2H3. The number of carbonyl (C=O) groups is 1. The smallest absolute Gasteiger partial charge is 0.397 e. The molecule has 1 heterocycles. The monoisotopic (exact) mass is 289 g/mol. The first-order valence-corrected chi connectivity index (χ1v) is 6.22. The Kier molecular flexibility index (Phi) is 5.35. The molecular weight excluding hydrogens is 271 g/mol. The van der Waals surface area contributed by atoms with E-state index in [-0.39, 0.29) is 18.9 Å². The van der Waals surface area contributed by atoms with E-state index in [1.165, 1.54) is 12.3 Å². The van der Waals surface area contributed by atoms with Crippen LogP contribution in [0.25, 0.3) is 0 Å². The maximum atomic E-state index is 12.5. The highest BCUT2D eigenvalue weighted by molar-refractivity contribution is 5.78. The van der Waals surface area contributed by atoms with Crippen molar-refractivity contribution in [3.05, 3.63) is 24.0 Å². The van der Waals surface area contributed by atoms with Crippen LogP contribution < -0.4 is 5.73 Å². The number of amides is 1. The predicted octanol–water partition coefficient (Wildman–Crippen LogP) is 2.25. The first-order valence-electron chi connectivity index (χ1n) is 6.22. The molecule has 0 aliphatic rings. The number of halogens is 3. The normalized spacial score (nSPS) is 11.7. The van der Waals surface area contributed by atoms with E-state index in [9.17, 15) is 18.0 Å². The number of hydrogen-bond donors (Lipinski definition) is 1. The Morgan fingerprint density at radius 2 is 2.05 bits per heavy atom. The average Bonchev–Trinajstić information content (AvgIpc) is 2.29. The molecule has 0 saturated heterocycles.